The molecule has 78 valence electrons. The Labute approximate surface area is 92.1 Å². The van der Waals surface area contributed by atoms with Crippen LogP contribution in [0.15, 0.2) is 24.3 Å². The average molecular weight is 260 g/mol. The van der Waals surface area contributed by atoms with Crippen LogP contribution in [0.25, 0.3) is 0 Å². The molecule has 3 N–H and O–H groups in total. The molecular formula is C10H14BrNO2. The standard InChI is InChI=1S/C8H8O2.C2H6BrN/c1-6-2-4-7(5-3-6)8(9)10;3-1-2-4/h2-5H,1H3,(H,9,10);1-2,4H2. The summed E-state index contributed by atoms with van der Waals surface area (Å²) in [6, 6.07) is 6.75. The van der Waals surface area contributed by atoms with Gasteiger partial charge in [-0.3, -0.25) is 0 Å². The van der Waals surface area contributed by atoms with Crippen molar-refractivity contribution in [3.8, 4) is 0 Å². The van der Waals surface area contributed by atoms with Crippen LogP contribution in [-0.4, -0.2) is 23.0 Å². The maximum atomic E-state index is 10.3. The quantitative estimate of drug-likeness (QED) is 0.800. The van der Waals surface area contributed by atoms with Gasteiger partial charge in [0.05, 0.1) is 5.56 Å². The molecule has 0 amide bonds. The van der Waals surface area contributed by atoms with Crippen LogP contribution in [0, 0.1) is 6.92 Å². The van der Waals surface area contributed by atoms with Gasteiger partial charge in [-0.1, -0.05) is 33.6 Å². The second-order valence-electron chi connectivity index (χ2n) is 2.65. The van der Waals surface area contributed by atoms with Gasteiger partial charge in [0.1, 0.15) is 0 Å². The molecular weight excluding hydrogens is 246 g/mol. The molecule has 0 atom stereocenters. The summed E-state index contributed by atoms with van der Waals surface area (Å²) in [5, 5.41) is 9.39. The molecule has 1 aromatic carbocycles. The summed E-state index contributed by atoms with van der Waals surface area (Å²) in [4.78, 5) is 10.3. The highest BCUT2D eigenvalue weighted by Gasteiger charge is 1.98. The molecule has 0 radical (unpaired) electrons. The molecule has 14 heavy (non-hydrogen) atoms. The first-order valence-electron chi connectivity index (χ1n) is 4.17. The van der Waals surface area contributed by atoms with Gasteiger partial charge in [-0.2, -0.15) is 0 Å². The third-order valence-corrected chi connectivity index (χ3v) is 1.87. The first kappa shape index (κ1) is 13.1. The third-order valence-electron chi connectivity index (χ3n) is 1.41. The normalized spacial score (nSPS) is 8.79. The molecule has 1 rings (SSSR count). The topological polar surface area (TPSA) is 63.3 Å². The van der Waals surface area contributed by atoms with Crippen LogP contribution in [-0.2, 0) is 0 Å². The van der Waals surface area contributed by atoms with Crippen LogP contribution in [0.5, 0.6) is 0 Å². The van der Waals surface area contributed by atoms with E-state index in [4.69, 9.17) is 10.8 Å². The summed E-state index contributed by atoms with van der Waals surface area (Å²) in [6.45, 7) is 2.66. The fourth-order valence-electron chi connectivity index (χ4n) is 0.696. The number of carbonyl (C=O) groups is 1. The minimum absolute atomic E-state index is 0.339. The van der Waals surface area contributed by atoms with Crippen LogP contribution >= 0.6 is 15.9 Å². The maximum absolute atomic E-state index is 10.3. The zero-order valence-corrected chi connectivity index (χ0v) is 9.62. The minimum Gasteiger partial charge on any atom is -0.478 e. The van der Waals surface area contributed by atoms with E-state index in [-0.39, 0.29) is 0 Å². The molecule has 0 fully saturated rings. The number of hydrogen-bond donors (Lipinski definition) is 2. The highest BCUT2D eigenvalue weighted by Crippen LogP contribution is 2.01. The number of benzene rings is 1. The predicted octanol–water partition coefficient (Wildman–Crippen LogP) is 2.03. The Morgan fingerprint density at radius 3 is 2.14 bits per heavy atom. The van der Waals surface area contributed by atoms with Crippen LogP contribution in [0.3, 0.4) is 0 Å². The van der Waals surface area contributed by atoms with Crippen molar-refractivity contribution < 1.29 is 9.90 Å². The Morgan fingerprint density at radius 2 is 1.86 bits per heavy atom. The number of rotatable bonds is 2. The molecule has 0 aliphatic carbocycles. The largest absolute Gasteiger partial charge is 0.478 e. The number of alkyl halides is 1. The number of hydrogen-bond acceptors (Lipinski definition) is 2. The van der Waals surface area contributed by atoms with Crippen molar-refractivity contribution in [2.45, 2.75) is 6.92 Å². The molecule has 0 saturated heterocycles. The third kappa shape index (κ3) is 5.72. The first-order chi connectivity index (χ1) is 6.61. The number of aryl methyl sites for hydroxylation is 1. The van der Waals surface area contributed by atoms with E-state index >= 15 is 0 Å². The van der Waals surface area contributed by atoms with Crippen molar-refractivity contribution in [2.75, 3.05) is 11.9 Å². The lowest BCUT2D eigenvalue weighted by Crippen LogP contribution is -1.97. The van der Waals surface area contributed by atoms with E-state index < -0.39 is 5.97 Å². The van der Waals surface area contributed by atoms with Gasteiger partial charge in [-0.15, -0.1) is 0 Å². The van der Waals surface area contributed by atoms with Gasteiger partial charge in [0.2, 0.25) is 0 Å². The van der Waals surface area contributed by atoms with E-state index in [1.165, 1.54) is 0 Å². The summed E-state index contributed by atoms with van der Waals surface area (Å²) >= 11 is 3.12. The number of aromatic carboxylic acids is 1. The van der Waals surface area contributed by atoms with E-state index in [0.717, 1.165) is 17.4 Å². The predicted molar refractivity (Wildman–Crippen MR) is 61.0 cm³/mol. The number of halogens is 1. The lowest BCUT2D eigenvalue weighted by atomic mass is 10.2. The summed E-state index contributed by atoms with van der Waals surface area (Å²) in [6.07, 6.45) is 0. The van der Waals surface area contributed by atoms with Crippen LogP contribution in [0.2, 0.25) is 0 Å². The summed E-state index contributed by atoms with van der Waals surface area (Å²) in [5.74, 6) is -0.875. The van der Waals surface area contributed by atoms with Gasteiger partial charge in [-0.25, -0.2) is 4.79 Å². The van der Waals surface area contributed by atoms with Gasteiger partial charge in [0.15, 0.2) is 0 Å². The van der Waals surface area contributed by atoms with Crippen molar-refractivity contribution in [2.24, 2.45) is 5.73 Å². The highest BCUT2D eigenvalue weighted by atomic mass is 79.9. The lowest BCUT2D eigenvalue weighted by molar-refractivity contribution is 0.0697. The minimum atomic E-state index is -0.875. The zero-order chi connectivity index (χ0) is 11.0. The highest BCUT2D eigenvalue weighted by molar-refractivity contribution is 9.09. The van der Waals surface area contributed by atoms with Crippen molar-refractivity contribution in [1.29, 1.82) is 0 Å². The number of carboxylic acids is 1. The van der Waals surface area contributed by atoms with Crippen molar-refractivity contribution in [3.05, 3.63) is 35.4 Å². The van der Waals surface area contributed by atoms with Gasteiger partial charge in [0.25, 0.3) is 0 Å². The van der Waals surface area contributed by atoms with Crippen LogP contribution < -0.4 is 5.73 Å². The van der Waals surface area contributed by atoms with E-state index in [2.05, 4.69) is 15.9 Å². The Bertz CT molecular complexity index is 270. The van der Waals surface area contributed by atoms with Crippen molar-refractivity contribution in [1.82, 2.24) is 0 Å². The smallest absolute Gasteiger partial charge is 0.335 e. The Kier molecular flexibility index (Phi) is 7.06. The van der Waals surface area contributed by atoms with Gasteiger partial charge in [-0.05, 0) is 19.1 Å². The molecule has 0 unspecified atom stereocenters. The molecule has 0 spiro atoms. The van der Waals surface area contributed by atoms with Crippen molar-refractivity contribution in [3.63, 3.8) is 0 Å². The van der Waals surface area contributed by atoms with Crippen LogP contribution in [0.4, 0.5) is 0 Å². The van der Waals surface area contributed by atoms with Crippen molar-refractivity contribution >= 4 is 21.9 Å². The van der Waals surface area contributed by atoms with Gasteiger partial charge in [0, 0.05) is 11.9 Å². The molecule has 0 aliphatic rings. The fourth-order valence-corrected chi connectivity index (χ4v) is 0.696. The first-order valence-corrected chi connectivity index (χ1v) is 5.30. The number of carboxylic acid groups (broad SMARTS) is 1. The summed E-state index contributed by atoms with van der Waals surface area (Å²) in [7, 11) is 0. The second kappa shape index (κ2) is 7.53. The monoisotopic (exact) mass is 259 g/mol. The van der Waals surface area contributed by atoms with Crippen LogP contribution in [0.1, 0.15) is 15.9 Å². The Balaban J connectivity index is 0.000000364. The molecule has 0 aromatic heterocycles. The molecule has 0 heterocycles. The average Bonchev–Trinajstić information content (AvgIpc) is 2.19. The SMILES string of the molecule is Cc1ccc(C(=O)O)cc1.NCCBr. The van der Waals surface area contributed by atoms with E-state index in [1.54, 1.807) is 24.3 Å². The van der Waals surface area contributed by atoms with E-state index in [1.807, 2.05) is 6.92 Å². The lowest BCUT2D eigenvalue weighted by Gasteiger charge is -1.92. The van der Waals surface area contributed by atoms with Gasteiger partial charge < -0.3 is 10.8 Å². The summed E-state index contributed by atoms with van der Waals surface area (Å²) < 4.78 is 0. The van der Waals surface area contributed by atoms with E-state index in [9.17, 15) is 4.79 Å². The van der Waals surface area contributed by atoms with E-state index in [0.29, 0.717) is 5.56 Å². The maximum Gasteiger partial charge on any atom is 0.335 e. The fraction of sp³-hybridized carbons (Fsp3) is 0.300. The molecule has 0 aliphatic heterocycles. The summed E-state index contributed by atoms with van der Waals surface area (Å²) in [5.41, 5.74) is 6.39. The Morgan fingerprint density at radius 1 is 1.43 bits per heavy atom. The van der Waals surface area contributed by atoms with Gasteiger partial charge >= 0.3 is 5.97 Å². The number of nitrogens with two attached hydrogens (primary N) is 1. The molecule has 1 aromatic rings. The Hall–Kier alpha value is -0.870. The molecule has 0 bridgehead atoms. The molecule has 0 saturated carbocycles. The molecule has 4 heteroatoms. The molecule has 3 nitrogen and oxygen atoms in total. The zero-order valence-electron chi connectivity index (χ0n) is 8.03. The second-order valence-corrected chi connectivity index (χ2v) is 3.44.